The number of rotatable bonds is 3. The first kappa shape index (κ1) is 11.9. The fraction of sp³-hybridized carbons (Fsp3) is 0.286. The van der Waals surface area contributed by atoms with Crippen LogP contribution in [0.3, 0.4) is 0 Å². The minimum Gasteiger partial charge on any atom is -0.497 e. The van der Waals surface area contributed by atoms with Gasteiger partial charge in [0.25, 0.3) is 0 Å². The predicted octanol–water partition coefficient (Wildman–Crippen LogP) is 2.23. The molecule has 0 spiro atoms. The Kier molecular flexibility index (Phi) is 3.31. The van der Waals surface area contributed by atoms with Gasteiger partial charge in [-0.2, -0.15) is 0 Å². The SMILES string of the molecule is COc1ccc2cc(C(O)C(C)N)ccc2c1. The normalized spacial score (nSPS) is 14.6. The van der Waals surface area contributed by atoms with Gasteiger partial charge in [-0.1, -0.05) is 18.2 Å². The van der Waals surface area contributed by atoms with Gasteiger partial charge < -0.3 is 15.6 Å². The van der Waals surface area contributed by atoms with Crippen LogP contribution in [0.15, 0.2) is 36.4 Å². The average Bonchev–Trinajstić information content (AvgIpc) is 2.36. The van der Waals surface area contributed by atoms with E-state index in [-0.39, 0.29) is 6.04 Å². The Hall–Kier alpha value is -1.58. The molecule has 2 atom stereocenters. The number of nitrogens with two attached hydrogens (primary N) is 1. The van der Waals surface area contributed by atoms with E-state index in [0.717, 1.165) is 22.1 Å². The van der Waals surface area contributed by atoms with Crippen molar-refractivity contribution in [3.63, 3.8) is 0 Å². The third kappa shape index (κ3) is 2.40. The second kappa shape index (κ2) is 4.73. The molecule has 2 rings (SSSR count). The first-order chi connectivity index (χ1) is 8.11. The molecule has 0 saturated heterocycles. The largest absolute Gasteiger partial charge is 0.497 e. The standard InChI is InChI=1S/C14H17NO2/c1-9(15)14(16)12-4-3-11-8-13(17-2)6-5-10(11)7-12/h3-9,14,16H,15H2,1-2H3. The van der Waals surface area contributed by atoms with Gasteiger partial charge in [0.15, 0.2) is 0 Å². The molecule has 3 heteroatoms. The van der Waals surface area contributed by atoms with E-state index in [1.165, 1.54) is 0 Å². The van der Waals surface area contributed by atoms with E-state index >= 15 is 0 Å². The molecule has 0 saturated carbocycles. The minimum absolute atomic E-state index is 0.273. The molecule has 0 aliphatic rings. The number of hydrogen-bond acceptors (Lipinski definition) is 3. The van der Waals surface area contributed by atoms with Crippen LogP contribution in [0.2, 0.25) is 0 Å². The lowest BCUT2D eigenvalue weighted by atomic mass is 10.00. The van der Waals surface area contributed by atoms with Crippen molar-refractivity contribution in [2.24, 2.45) is 5.73 Å². The third-order valence-electron chi connectivity index (χ3n) is 2.91. The van der Waals surface area contributed by atoms with Crippen LogP contribution in [-0.4, -0.2) is 18.3 Å². The molecule has 0 fully saturated rings. The van der Waals surface area contributed by atoms with Crippen molar-refractivity contribution in [3.05, 3.63) is 42.0 Å². The Morgan fingerprint density at radius 2 is 1.76 bits per heavy atom. The highest BCUT2D eigenvalue weighted by Crippen LogP contribution is 2.25. The third-order valence-corrected chi connectivity index (χ3v) is 2.91. The second-order valence-electron chi connectivity index (χ2n) is 4.28. The van der Waals surface area contributed by atoms with Crippen LogP contribution in [0.4, 0.5) is 0 Å². The monoisotopic (exact) mass is 231 g/mol. The zero-order valence-electron chi connectivity index (χ0n) is 10.1. The van der Waals surface area contributed by atoms with Crippen molar-refractivity contribution in [2.75, 3.05) is 7.11 Å². The Bertz CT molecular complexity index is 523. The first-order valence-corrected chi connectivity index (χ1v) is 5.63. The minimum atomic E-state index is -0.624. The number of aliphatic hydroxyl groups excluding tert-OH is 1. The number of benzene rings is 2. The van der Waals surface area contributed by atoms with E-state index in [0.29, 0.717) is 0 Å². The summed E-state index contributed by atoms with van der Waals surface area (Å²) in [4.78, 5) is 0. The molecule has 17 heavy (non-hydrogen) atoms. The smallest absolute Gasteiger partial charge is 0.119 e. The molecule has 2 aromatic rings. The van der Waals surface area contributed by atoms with Crippen molar-refractivity contribution in [1.29, 1.82) is 0 Å². The Labute approximate surface area is 101 Å². The zero-order valence-corrected chi connectivity index (χ0v) is 10.1. The van der Waals surface area contributed by atoms with Gasteiger partial charge in [-0.05, 0) is 41.5 Å². The van der Waals surface area contributed by atoms with Gasteiger partial charge >= 0.3 is 0 Å². The summed E-state index contributed by atoms with van der Waals surface area (Å²) in [7, 11) is 1.65. The number of aliphatic hydroxyl groups is 1. The Balaban J connectivity index is 2.44. The number of methoxy groups -OCH3 is 1. The molecule has 0 aliphatic heterocycles. The maximum absolute atomic E-state index is 9.91. The van der Waals surface area contributed by atoms with Crippen molar-refractivity contribution in [2.45, 2.75) is 19.1 Å². The molecule has 2 unspecified atom stereocenters. The molecule has 0 aromatic heterocycles. The molecular weight excluding hydrogens is 214 g/mol. The quantitative estimate of drug-likeness (QED) is 0.851. The van der Waals surface area contributed by atoms with Crippen LogP contribution < -0.4 is 10.5 Å². The van der Waals surface area contributed by atoms with E-state index < -0.39 is 6.10 Å². The lowest BCUT2D eigenvalue weighted by Crippen LogP contribution is -2.24. The summed E-state index contributed by atoms with van der Waals surface area (Å²) in [6, 6.07) is 11.4. The van der Waals surface area contributed by atoms with Crippen LogP contribution in [0.25, 0.3) is 10.8 Å². The van der Waals surface area contributed by atoms with Crippen LogP contribution >= 0.6 is 0 Å². The fourth-order valence-electron chi connectivity index (χ4n) is 1.86. The van der Waals surface area contributed by atoms with Crippen LogP contribution in [0, 0.1) is 0 Å². The fourth-order valence-corrected chi connectivity index (χ4v) is 1.86. The molecular formula is C14H17NO2. The summed E-state index contributed by atoms with van der Waals surface area (Å²) in [6.07, 6.45) is -0.624. The highest BCUT2D eigenvalue weighted by Gasteiger charge is 2.12. The predicted molar refractivity (Wildman–Crippen MR) is 69.1 cm³/mol. The number of ether oxygens (including phenoxy) is 1. The Morgan fingerprint density at radius 1 is 1.12 bits per heavy atom. The lowest BCUT2D eigenvalue weighted by Gasteiger charge is -2.15. The molecule has 0 radical (unpaired) electrons. The molecule has 3 N–H and O–H groups in total. The average molecular weight is 231 g/mol. The summed E-state index contributed by atoms with van der Waals surface area (Å²) >= 11 is 0. The summed E-state index contributed by atoms with van der Waals surface area (Å²) in [5.41, 5.74) is 6.53. The molecule has 0 bridgehead atoms. The van der Waals surface area contributed by atoms with Crippen LogP contribution in [0.5, 0.6) is 5.75 Å². The Morgan fingerprint density at radius 3 is 2.41 bits per heavy atom. The van der Waals surface area contributed by atoms with E-state index in [4.69, 9.17) is 10.5 Å². The van der Waals surface area contributed by atoms with Crippen molar-refractivity contribution in [1.82, 2.24) is 0 Å². The first-order valence-electron chi connectivity index (χ1n) is 5.63. The van der Waals surface area contributed by atoms with E-state index in [9.17, 15) is 5.11 Å². The number of fused-ring (bicyclic) bond motifs is 1. The van der Waals surface area contributed by atoms with Crippen molar-refractivity contribution < 1.29 is 9.84 Å². The van der Waals surface area contributed by atoms with Crippen molar-refractivity contribution in [3.8, 4) is 5.75 Å². The van der Waals surface area contributed by atoms with Gasteiger partial charge in [0.05, 0.1) is 13.2 Å². The van der Waals surface area contributed by atoms with Crippen molar-refractivity contribution >= 4 is 10.8 Å². The van der Waals surface area contributed by atoms with Gasteiger partial charge in [0.2, 0.25) is 0 Å². The highest BCUT2D eigenvalue weighted by molar-refractivity contribution is 5.84. The van der Waals surface area contributed by atoms with E-state index in [1.54, 1.807) is 14.0 Å². The molecule has 2 aromatic carbocycles. The van der Waals surface area contributed by atoms with Gasteiger partial charge in [-0.25, -0.2) is 0 Å². The summed E-state index contributed by atoms with van der Waals surface area (Å²) < 4.78 is 5.17. The topological polar surface area (TPSA) is 55.5 Å². The molecule has 0 aliphatic carbocycles. The molecule has 0 amide bonds. The summed E-state index contributed by atoms with van der Waals surface area (Å²) in [5, 5.41) is 12.1. The van der Waals surface area contributed by atoms with Gasteiger partial charge in [-0.15, -0.1) is 0 Å². The summed E-state index contributed by atoms with van der Waals surface area (Å²) in [5.74, 6) is 0.831. The second-order valence-corrected chi connectivity index (χ2v) is 4.28. The van der Waals surface area contributed by atoms with E-state index in [1.807, 2.05) is 36.4 Å². The number of hydrogen-bond donors (Lipinski definition) is 2. The molecule has 90 valence electrons. The van der Waals surface area contributed by atoms with E-state index in [2.05, 4.69) is 0 Å². The maximum Gasteiger partial charge on any atom is 0.119 e. The zero-order chi connectivity index (χ0) is 12.4. The van der Waals surface area contributed by atoms with Crippen LogP contribution in [0.1, 0.15) is 18.6 Å². The lowest BCUT2D eigenvalue weighted by molar-refractivity contribution is 0.153. The van der Waals surface area contributed by atoms with Gasteiger partial charge in [0, 0.05) is 6.04 Å². The van der Waals surface area contributed by atoms with Gasteiger partial charge in [-0.3, -0.25) is 0 Å². The maximum atomic E-state index is 9.91. The summed E-state index contributed by atoms with van der Waals surface area (Å²) in [6.45, 7) is 1.79. The molecule has 3 nitrogen and oxygen atoms in total. The van der Waals surface area contributed by atoms with Gasteiger partial charge in [0.1, 0.15) is 5.75 Å². The molecule has 0 heterocycles. The van der Waals surface area contributed by atoms with Crippen LogP contribution in [-0.2, 0) is 0 Å². The highest BCUT2D eigenvalue weighted by atomic mass is 16.5.